The molecule has 41 heavy (non-hydrogen) atoms. The van der Waals surface area contributed by atoms with Gasteiger partial charge in [-0.2, -0.15) is 0 Å². The molecule has 0 aromatic heterocycles. The molecular weight excluding hydrogens is 557 g/mol. The minimum absolute atomic E-state index is 0.0160. The Morgan fingerprint density at radius 2 is 1.85 bits per heavy atom. The number of aliphatic hydroxyl groups is 2. The van der Waals surface area contributed by atoms with Crippen LogP contribution in [0.25, 0.3) is 0 Å². The summed E-state index contributed by atoms with van der Waals surface area (Å²) in [6.45, 7) is 7.80. The summed E-state index contributed by atoms with van der Waals surface area (Å²) < 4.78 is 45.0. The van der Waals surface area contributed by atoms with Gasteiger partial charge in [-0.05, 0) is 60.3 Å². The second kappa shape index (κ2) is 12.0. The fourth-order valence-corrected chi connectivity index (χ4v) is 7.29. The monoisotopic (exact) mass is 594 g/mol. The second-order valence-electron chi connectivity index (χ2n) is 12.6. The third-order valence-corrected chi connectivity index (χ3v) is 8.73. The van der Waals surface area contributed by atoms with Crippen molar-refractivity contribution in [1.29, 1.82) is 0 Å². The molecule has 1 spiro atoms. The Morgan fingerprint density at radius 3 is 2.51 bits per heavy atom. The minimum Gasteiger partial charge on any atom is -0.394 e. The lowest BCUT2D eigenvalue weighted by atomic mass is 9.61. The second-order valence-corrected chi connectivity index (χ2v) is 13.0. The number of benzene rings is 2. The normalized spacial score (nSPS) is 24.7. The van der Waals surface area contributed by atoms with Crippen molar-refractivity contribution in [3.05, 3.63) is 63.9 Å². The minimum atomic E-state index is -1.66. The third-order valence-electron chi connectivity index (χ3n) is 8.44. The van der Waals surface area contributed by atoms with Crippen LogP contribution < -0.4 is 10.6 Å². The molecule has 1 fully saturated rings. The Hall–Kier alpha value is -2.46. The highest BCUT2D eigenvalue weighted by Crippen LogP contribution is 2.57. The Labute approximate surface area is 243 Å². The first-order chi connectivity index (χ1) is 19.2. The van der Waals surface area contributed by atoms with Crippen LogP contribution in [0.5, 0.6) is 0 Å². The van der Waals surface area contributed by atoms with Crippen LogP contribution in [-0.2, 0) is 15.0 Å². The van der Waals surface area contributed by atoms with Crippen LogP contribution in [-0.4, -0.2) is 46.7 Å². The van der Waals surface area contributed by atoms with E-state index in [4.69, 9.17) is 16.7 Å². The van der Waals surface area contributed by atoms with E-state index in [-0.39, 0.29) is 52.3 Å². The van der Waals surface area contributed by atoms with Crippen molar-refractivity contribution >= 4 is 29.0 Å². The summed E-state index contributed by atoms with van der Waals surface area (Å²) >= 11 is 6.19. The number of halogens is 4. The summed E-state index contributed by atoms with van der Waals surface area (Å²) in [7, 11) is 0. The van der Waals surface area contributed by atoms with Crippen molar-refractivity contribution in [1.82, 2.24) is 5.32 Å². The smallest absolute Gasteiger partial charge is 0.237 e. The molecule has 0 aliphatic carbocycles. The average molecular weight is 595 g/mol. The number of nitrogens with one attached hydrogen (secondary N) is 2. The third kappa shape index (κ3) is 5.91. The van der Waals surface area contributed by atoms with Crippen LogP contribution in [0.3, 0.4) is 0 Å². The molecule has 4 rings (SSSR count). The molecule has 0 saturated carbocycles. The first-order valence-electron chi connectivity index (χ1n) is 14.1. The Morgan fingerprint density at radius 1 is 1.17 bits per heavy atom. The van der Waals surface area contributed by atoms with Gasteiger partial charge in [-0.15, -0.1) is 0 Å². The van der Waals surface area contributed by atoms with Gasteiger partial charge in [-0.1, -0.05) is 51.4 Å². The molecular formula is C31H38ClF3N2O4. The fourth-order valence-electron chi connectivity index (χ4n) is 7.10. The molecule has 0 bridgehead atoms. The zero-order chi connectivity index (χ0) is 30.3. The van der Waals surface area contributed by atoms with Crippen LogP contribution in [0.4, 0.5) is 18.9 Å². The molecule has 2 aliphatic rings. The standard InChI is InChI=1S/C31H38ClF3N2O4/c1-16(2)13-30(3,4)14-25-31(19-11-21(33)22(34)12-23(19)36-29(31)41)26(18-8-6-9-20(32)27(18)35)28(37-25)24(40)10-5-7-17(39)15-38/h6,8-9,11-12,16-17,25-26,28,37-39H,5,7,10,13-15H2,1-4H3,(H,36,41)/t17-,25+,26-,28-,31-/m0/s1. The highest BCUT2D eigenvalue weighted by molar-refractivity contribution is 6.30. The number of hydrogen-bond donors (Lipinski definition) is 4. The molecule has 10 heteroatoms. The lowest BCUT2D eigenvalue weighted by Crippen LogP contribution is -2.50. The zero-order valence-electron chi connectivity index (χ0n) is 23.7. The van der Waals surface area contributed by atoms with Crippen molar-refractivity contribution in [2.45, 2.75) is 89.3 Å². The van der Waals surface area contributed by atoms with Crippen molar-refractivity contribution in [3.63, 3.8) is 0 Å². The number of amides is 1. The molecule has 6 nitrogen and oxygen atoms in total. The van der Waals surface area contributed by atoms with Crippen molar-refractivity contribution < 1.29 is 33.0 Å². The van der Waals surface area contributed by atoms with E-state index < -0.39 is 59.5 Å². The number of hydrogen-bond acceptors (Lipinski definition) is 5. The van der Waals surface area contributed by atoms with E-state index in [9.17, 15) is 23.5 Å². The SMILES string of the molecule is CC(C)CC(C)(C)C[C@H]1N[C@@H](C(=O)CCC[C@H](O)CO)[C@H](c2cccc(Cl)c2F)[C@@]12C(=O)Nc1cc(F)c(F)cc12. The topological polar surface area (TPSA) is 98.7 Å². The first kappa shape index (κ1) is 31.5. The molecule has 5 atom stereocenters. The number of Topliss-reactive ketones (excluding diaryl/α,β-unsaturated/α-hetero) is 1. The predicted molar refractivity (Wildman–Crippen MR) is 151 cm³/mol. The van der Waals surface area contributed by atoms with Crippen LogP contribution in [0, 0.1) is 28.8 Å². The van der Waals surface area contributed by atoms with Gasteiger partial charge in [0, 0.05) is 30.1 Å². The van der Waals surface area contributed by atoms with Gasteiger partial charge in [0.2, 0.25) is 5.91 Å². The summed E-state index contributed by atoms with van der Waals surface area (Å²) in [5, 5.41) is 24.8. The van der Waals surface area contributed by atoms with E-state index in [0.29, 0.717) is 12.3 Å². The van der Waals surface area contributed by atoms with Crippen molar-refractivity contribution in [2.24, 2.45) is 11.3 Å². The van der Waals surface area contributed by atoms with Gasteiger partial charge in [-0.3, -0.25) is 9.59 Å². The van der Waals surface area contributed by atoms with E-state index in [1.54, 1.807) is 0 Å². The van der Waals surface area contributed by atoms with E-state index in [2.05, 4.69) is 24.5 Å². The van der Waals surface area contributed by atoms with Gasteiger partial charge >= 0.3 is 0 Å². The lowest BCUT2D eigenvalue weighted by Gasteiger charge is -2.39. The number of anilines is 1. The van der Waals surface area contributed by atoms with Crippen LogP contribution in [0.1, 0.15) is 76.8 Å². The number of carbonyl (C=O) groups excluding carboxylic acids is 2. The van der Waals surface area contributed by atoms with Gasteiger partial charge in [0.25, 0.3) is 0 Å². The quantitative estimate of drug-likeness (QED) is 0.270. The number of ketones is 1. The van der Waals surface area contributed by atoms with E-state index in [0.717, 1.165) is 18.6 Å². The molecule has 2 aromatic rings. The van der Waals surface area contributed by atoms with Crippen LogP contribution in [0.15, 0.2) is 30.3 Å². The first-order valence-corrected chi connectivity index (χ1v) is 14.4. The molecule has 1 amide bonds. The Balaban J connectivity index is 1.93. The number of rotatable bonds is 11. The largest absolute Gasteiger partial charge is 0.394 e. The maximum atomic E-state index is 15.8. The zero-order valence-corrected chi connectivity index (χ0v) is 24.5. The van der Waals surface area contributed by atoms with Gasteiger partial charge in [0.1, 0.15) is 17.0 Å². The van der Waals surface area contributed by atoms with Gasteiger partial charge < -0.3 is 20.8 Å². The molecule has 2 aromatic carbocycles. The highest BCUT2D eigenvalue weighted by atomic mass is 35.5. The molecule has 4 N–H and O–H groups in total. The average Bonchev–Trinajstić information content (AvgIpc) is 3.35. The number of aliphatic hydroxyl groups excluding tert-OH is 2. The molecule has 1 saturated heterocycles. The molecule has 2 heterocycles. The van der Waals surface area contributed by atoms with E-state index in [1.807, 2.05) is 13.8 Å². The van der Waals surface area contributed by atoms with Crippen molar-refractivity contribution in [2.75, 3.05) is 11.9 Å². The summed E-state index contributed by atoms with van der Waals surface area (Å²) in [6.07, 6.45) is 0.585. The highest BCUT2D eigenvalue weighted by Gasteiger charge is 2.66. The van der Waals surface area contributed by atoms with E-state index >= 15 is 4.39 Å². The molecule has 224 valence electrons. The van der Waals surface area contributed by atoms with Gasteiger partial charge in [0.05, 0.1) is 23.8 Å². The molecule has 0 radical (unpaired) electrons. The van der Waals surface area contributed by atoms with E-state index in [1.165, 1.54) is 18.2 Å². The van der Waals surface area contributed by atoms with Gasteiger partial charge in [-0.25, -0.2) is 13.2 Å². The molecule has 2 aliphatic heterocycles. The summed E-state index contributed by atoms with van der Waals surface area (Å²) in [6, 6.07) is 4.45. The van der Waals surface area contributed by atoms with Gasteiger partial charge in [0.15, 0.2) is 11.6 Å². The molecule has 0 unspecified atom stereocenters. The van der Waals surface area contributed by atoms with Crippen LogP contribution >= 0.6 is 11.6 Å². The fraction of sp³-hybridized carbons (Fsp3) is 0.548. The summed E-state index contributed by atoms with van der Waals surface area (Å²) in [5.41, 5.74) is -1.74. The number of fused-ring (bicyclic) bond motifs is 2. The maximum Gasteiger partial charge on any atom is 0.237 e. The van der Waals surface area contributed by atoms with Crippen LogP contribution in [0.2, 0.25) is 5.02 Å². The maximum absolute atomic E-state index is 15.8. The summed E-state index contributed by atoms with van der Waals surface area (Å²) in [4.78, 5) is 28.0. The number of carbonyl (C=O) groups is 2. The van der Waals surface area contributed by atoms with Crippen molar-refractivity contribution in [3.8, 4) is 0 Å². The Bertz CT molecular complexity index is 1320. The Kier molecular flexibility index (Phi) is 9.24. The summed E-state index contributed by atoms with van der Waals surface area (Å²) in [5.74, 6) is -4.81. The predicted octanol–water partition coefficient (Wildman–Crippen LogP) is 5.63. The lowest BCUT2D eigenvalue weighted by molar-refractivity contribution is -0.122.